The molecule has 0 radical (unpaired) electrons. The number of nitrogens with zero attached hydrogens (tertiary/aromatic N) is 1. The lowest BCUT2D eigenvalue weighted by Crippen LogP contribution is -2.09. The lowest BCUT2D eigenvalue weighted by atomic mass is 9.95. The van der Waals surface area contributed by atoms with Gasteiger partial charge in [-0.05, 0) is 154 Å². The Balaban J connectivity index is 1.25. The number of rotatable bonds is 9. The van der Waals surface area contributed by atoms with E-state index in [1.807, 2.05) is 109 Å². The van der Waals surface area contributed by atoms with Crippen LogP contribution in [0.5, 0.6) is 28.7 Å². The van der Waals surface area contributed by atoms with Crippen LogP contribution in [0.25, 0.3) is 23.3 Å². The summed E-state index contributed by atoms with van der Waals surface area (Å²) < 4.78 is 0. The molecule has 0 unspecified atom stereocenters. The number of phenolic OH excluding ortho intramolecular Hbond substituents is 5. The summed E-state index contributed by atoms with van der Waals surface area (Å²) in [6, 6.07) is 51.6. The SMILES string of the molecule is Oc1ccc(C(=Cc2ccc(N(c3ccc(O)cc3)c3ccc(C=C(c4ccc(O)cc4)c4ccc(O)cc4)cc3)cc2)c2ccc(O)cc2)cc1. The summed E-state index contributed by atoms with van der Waals surface area (Å²) in [7, 11) is 0. The summed E-state index contributed by atoms with van der Waals surface area (Å²) in [6.07, 6.45) is 4.16. The Morgan fingerprint density at radius 2 is 0.500 bits per heavy atom. The summed E-state index contributed by atoms with van der Waals surface area (Å²) in [5, 5.41) is 49.7. The normalized spacial score (nSPS) is 10.7. The molecule has 0 spiro atoms. The lowest BCUT2D eigenvalue weighted by Gasteiger charge is -2.26. The van der Waals surface area contributed by atoms with Crippen LogP contribution in [0.15, 0.2) is 170 Å². The van der Waals surface area contributed by atoms with Gasteiger partial charge in [-0.25, -0.2) is 0 Å². The van der Waals surface area contributed by atoms with Crippen molar-refractivity contribution in [3.8, 4) is 28.7 Å². The third kappa shape index (κ3) is 7.67. The van der Waals surface area contributed by atoms with E-state index in [0.29, 0.717) is 0 Å². The second-order valence-electron chi connectivity index (χ2n) is 12.3. The third-order valence-electron chi connectivity index (χ3n) is 8.75. The predicted octanol–water partition coefficient (Wildman–Crippen LogP) is 10.9. The van der Waals surface area contributed by atoms with Crippen LogP contribution in [-0.2, 0) is 0 Å². The summed E-state index contributed by atoms with van der Waals surface area (Å²) in [5.74, 6) is 0.924. The lowest BCUT2D eigenvalue weighted by molar-refractivity contribution is 0.474. The second-order valence-corrected chi connectivity index (χ2v) is 12.3. The summed E-state index contributed by atoms with van der Waals surface area (Å²) >= 11 is 0. The van der Waals surface area contributed by atoms with E-state index in [-0.39, 0.29) is 28.7 Å². The van der Waals surface area contributed by atoms with Crippen LogP contribution in [0.4, 0.5) is 17.1 Å². The van der Waals surface area contributed by atoms with Crippen LogP contribution in [0.3, 0.4) is 0 Å². The highest BCUT2D eigenvalue weighted by atomic mass is 16.3. The van der Waals surface area contributed by atoms with E-state index >= 15 is 0 Å². The van der Waals surface area contributed by atoms with Gasteiger partial charge in [-0.3, -0.25) is 0 Å². The maximum Gasteiger partial charge on any atom is 0.115 e. The molecule has 0 aromatic heterocycles. The van der Waals surface area contributed by atoms with Gasteiger partial charge < -0.3 is 30.4 Å². The smallest absolute Gasteiger partial charge is 0.115 e. The van der Waals surface area contributed by atoms with Gasteiger partial charge in [0.2, 0.25) is 0 Å². The van der Waals surface area contributed by atoms with Crippen LogP contribution >= 0.6 is 0 Å². The van der Waals surface area contributed by atoms with Crippen molar-refractivity contribution in [2.45, 2.75) is 0 Å². The second kappa shape index (κ2) is 14.7. The molecule has 0 heterocycles. The zero-order valence-electron chi connectivity index (χ0n) is 28.0. The third-order valence-corrected chi connectivity index (χ3v) is 8.75. The van der Waals surface area contributed by atoms with E-state index in [1.165, 1.54) is 0 Å². The Hall–Kier alpha value is -7.18. The zero-order valence-corrected chi connectivity index (χ0v) is 28.0. The average molecular weight is 682 g/mol. The number of phenols is 5. The molecule has 6 nitrogen and oxygen atoms in total. The number of anilines is 3. The first-order chi connectivity index (χ1) is 25.3. The Kier molecular flexibility index (Phi) is 9.45. The first-order valence-electron chi connectivity index (χ1n) is 16.7. The number of hydrogen-bond acceptors (Lipinski definition) is 6. The van der Waals surface area contributed by atoms with Crippen LogP contribution in [0.2, 0.25) is 0 Å². The number of benzene rings is 7. The maximum atomic E-state index is 10.1. The van der Waals surface area contributed by atoms with Crippen LogP contribution in [0, 0.1) is 0 Å². The van der Waals surface area contributed by atoms with Crippen molar-refractivity contribution in [2.75, 3.05) is 4.90 Å². The first-order valence-corrected chi connectivity index (χ1v) is 16.7. The predicted molar refractivity (Wildman–Crippen MR) is 209 cm³/mol. The van der Waals surface area contributed by atoms with Crippen LogP contribution < -0.4 is 4.90 Å². The van der Waals surface area contributed by atoms with E-state index in [9.17, 15) is 25.5 Å². The van der Waals surface area contributed by atoms with Crippen molar-refractivity contribution in [3.05, 3.63) is 203 Å². The molecule has 7 aromatic rings. The fourth-order valence-corrected chi connectivity index (χ4v) is 6.05. The molecule has 0 saturated heterocycles. The molecule has 6 heteroatoms. The monoisotopic (exact) mass is 681 g/mol. The average Bonchev–Trinajstić information content (AvgIpc) is 3.17. The molecule has 0 aliphatic carbocycles. The highest BCUT2D eigenvalue weighted by Crippen LogP contribution is 2.37. The minimum atomic E-state index is 0.177. The highest BCUT2D eigenvalue weighted by Gasteiger charge is 2.14. The van der Waals surface area contributed by atoms with Crippen molar-refractivity contribution in [1.82, 2.24) is 0 Å². The molecule has 7 rings (SSSR count). The van der Waals surface area contributed by atoms with Gasteiger partial charge in [0.1, 0.15) is 28.7 Å². The number of aromatic hydroxyl groups is 5. The van der Waals surface area contributed by atoms with Gasteiger partial charge in [0.25, 0.3) is 0 Å². The van der Waals surface area contributed by atoms with Crippen molar-refractivity contribution in [1.29, 1.82) is 0 Å². The van der Waals surface area contributed by atoms with Gasteiger partial charge in [0.05, 0.1) is 0 Å². The van der Waals surface area contributed by atoms with E-state index in [0.717, 1.165) is 61.6 Å². The quantitative estimate of drug-likeness (QED) is 0.0972. The molecule has 0 amide bonds. The molecule has 0 bridgehead atoms. The topological polar surface area (TPSA) is 104 Å². The van der Waals surface area contributed by atoms with Crippen molar-refractivity contribution in [2.24, 2.45) is 0 Å². The van der Waals surface area contributed by atoms with E-state index in [2.05, 4.69) is 17.1 Å². The van der Waals surface area contributed by atoms with E-state index in [1.54, 1.807) is 60.7 Å². The molecule has 0 fully saturated rings. The Labute approximate surface area is 302 Å². The fraction of sp³-hybridized carbons (Fsp3) is 0. The van der Waals surface area contributed by atoms with Gasteiger partial charge >= 0.3 is 0 Å². The molecular formula is C46H35NO5. The van der Waals surface area contributed by atoms with E-state index in [4.69, 9.17) is 0 Å². The van der Waals surface area contributed by atoms with Gasteiger partial charge in [0, 0.05) is 17.1 Å². The summed E-state index contributed by atoms with van der Waals surface area (Å²) in [5.41, 5.74) is 10.2. The fourth-order valence-electron chi connectivity index (χ4n) is 6.05. The molecule has 7 aromatic carbocycles. The van der Waals surface area contributed by atoms with Crippen molar-refractivity contribution in [3.63, 3.8) is 0 Å². The van der Waals surface area contributed by atoms with Crippen LogP contribution in [0.1, 0.15) is 33.4 Å². The minimum absolute atomic E-state index is 0.177. The molecule has 52 heavy (non-hydrogen) atoms. The molecule has 0 aliphatic heterocycles. The van der Waals surface area contributed by atoms with Crippen LogP contribution in [-0.4, -0.2) is 25.5 Å². The molecule has 5 N–H and O–H groups in total. The molecular weight excluding hydrogens is 647 g/mol. The summed E-state index contributed by atoms with van der Waals surface area (Å²) in [4.78, 5) is 2.11. The van der Waals surface area contributed by atoms with Gasteiger partial charge in [-0.2, -0.15) is 0 Å². The molecule has 0 aliphatic rings. The van der Waals surface area contributed by atoms with Gasteiger partial charge in [-0.1, -0.05) is 72.8 Å². The minimum Gasteiger partial charge on any atom is -0.508 e. The number of hydrogen-bond donors (Lipinski definition) is 5. The van der Waals surface area contributed by atoms with Crippen molar-refractivity contribution >= 4 is 40.4 Å². The summed E-state index contributed by atoms with van der Waals surface area (Å²) in [6.45, 7) is 0. The highest BCUT2D eigenvalue weighted by molar-refractivity contribution is 5.93. The van der Waals surface area contributed by atoms with Crippen molar-refractivity contribution < 1.29 is 25.5 Å². The van der Waals surface area contributed by atoms with Gasteiger partial charge in [0.15, 0.2) is 0 Å². The van der Waals surface area contributed by atoms with E-state index < -0.39 is 0 Å². The largest absolute Gasteiger partial charge is 0.508 e. The maximum absolute atomic E-state index is 10.1. The standard InChI is InChI=1S/C46H35NO5/c48-40-19-5-33(6-20-40)45(34-7-21-41(49)22-8-34)29-31-1-13-37(14-2-31)47(39-17-27-44(52)28-18-39)38-15-3-32(4-16-38)30-46(35-9-23-42(50)24-10-35)36-11-25-43(51)26-12-36/h1-30,48-52H. The molecule has 0 saturated carbocycles. The Morgan fingerprint density at radius 1 is 0.288 bits per heavy atom. The van der Waals surface area contributed by atoms with Gasteiger partial charge in [-0.15, -0.1) is 0 Å². The molecule has 0 atom stereocenters. The Bertz CT molecular complexity index is 2080. The first kappa shape index (κ1) is 33.3. The molecule has 254 valence electrons. The Morgan fingerprint density at radius 3 is 0.750 bits per heavy atom. The zero-order chi connectivity index (χ0) is 36.0.